The minimum Gasteiger partial charge on any atom is -0.272 e. The third-order valence-electron chi connectivity index (χ3n) is 2.96. The van der Waals surface area contributed by atoms with E-state index in [9.17, 15) is 18.0 Å². The molecule has 0 radical (unpaired) electrons. The van der Waals surface area contributed by atoms with E-state index >= 15 is 0 Å². The van der Waals surface area contributed by atoms with Crippen molar-refractivity contribution in [1.29, 1.82) is 0 Å². The number of nitrogens with zero attached hydrogens (tertiary/aromatic N) is 1. The van der Waals surface area contributed by atoms with Gasteiger partial charge < -0.3 is 0 Å². The molecule has 0 saturated heterocycles. The first-order valence-electron chi connectivity index (χ1n) is 6.66. The zero-order valence-electron chi connectivity index (χ0n) is 12.5. The highest BCUT2D eigenvalue weighted by Crippen LogP contribution is 2.19. The number of sulfonamides is 1. The second-order valence-corrected chi connectivity index (χ2v) is 8.75. The van der Waals surface area contributed by atoms with Crippen LogP contribution >= 0.6 is 27.3 Å². The number of hydrogen-bond acceptors (Lipinski definition) is 5. The molecule has 2 amide bonds. The fourth-order valence-corrected chi connectivity index (χ4v) is 4.52. The number of amides is 2. The highest BCUT2D eigenvalue weighted by molar-refractivity contribution is 9.10. The molecule has 2 rings (SSSR count). The predicted molar refractivity (Wildman–Crippen MR) is 93.9 cm³/mol. The van der Waals surface area contributed by atoms with Gasteiger partial charge in [-0.15, -0.1) is 11.3 Å². The standard InChI is InChI=1S/C14H14BrN3O4S2/c1-18(24(21,22)13-7-4-8-23-13)9-12(19)16-17-14(20)10-5-2-3-6-11(10)15/h2-8H,9H2,1H3,(H,16,19)(H,17,20). The highest BCUT2D eigenvalue weighted by Gasteiger charge is 2.24. The molecule has 0 bridgehead atoms. The maximum absolute atomic E-state index is 12.2. The number of carbonyl (C=O) groups excluding carboxylic acids is 2. The Morgan fingerprint density at radius 3 is 2.50 bits per heavy atom. The molecule has 2 aromatic rings. The third kappa shape index (κ3) is 4.41. The van der Waals surface area contributed by atoms with Gasteiger partial charge in [0.2, 0.25) is 0 Å². The van der Waals surface area contributed by atoms with Gasteiger partial charge in [-0.2, -0.15) is 4.31 Å². The van der Waals surface area contributed by atoms with Gasteiger partial charge in [-0.1, -0.05) is 18.2 Å². The monoisotopic (exact) mass is 431 g/mol. The smallest absolute Gasteiger partial charge is 0.270 e. The summed E-state index contributed by atoms with van der Waals surface area (Å²) < 4.78 is 26.0. The summed E-state index contributed by atoms with van der Waals surface area (Å²) in [6.45, 7) is -0.420. The van der Waals surface area contributed by atoms with Crippen molar-refractivity contribution in [2.45, 2.75) is 4.21 Å². The summed E-state index contributed by atoms with van der Waals surface area (Å²) in [4.78, 5) is 23.8. The third-order valence-corrected chi connectivity index (χ3v) is 6.83. The molecule has 0 fully saturated rings. The van der Waals surface area contributed by atoms with Crippen molar-refractivity contribution < 1.29 is 18.0 Å². The Hall–Kier alpha value is -1.75. The lowest BCUT2D eigenvalue weighted by molar-refractivity contribution is -0.121. The number of rotatable bonds is 5. The molecule has 24 heavy (non-hydrogen) atoms. The van der Waals surface area contributed by atoms with Gasteiger partial charge in [0.15, 0.2) is 0 Å². The van der Waals surface area contributed by atoms with Crippen molar-refractivity contribution in [3.8, 4) is 0 Å². The van der Waals surface area contributed by atoms with Crippen molar-refractivity contribution >= 4 is 49.1 Å². The Labute approximate surface area is 151 Å². The molecule has 0 unspecified atom stereocenters. The van der Waals surface area contributed by atoms with Gasteiger partial charge in [0.25, 0.3) is 21.8 Å². The van der Waals surface area contributed by atoms with Gasteiger partial charge in [0.1, 0.15) is 4.21 Å². The normalized spacial score (nSPS) is 11.3. The van der Waals surface area contributed by atoms with Crippen molar-refractivity contribution in [3.05, 3.63) is 51.8 Å². The average molecular weight is 432 g/mol. The van der Waals surface area contributed by atoms with Crippen molar-refractivity contribution in [2.75, 3.05) is 13.6 Å². The number of hydrazine groups is 1. The van der Waals surface area contributed by atoms with Gasteiger partial charge >= 0.3 is 0 Å². The quantitative estimate of drug-likeness (QED) is 0.702. The number of carbonyl (C=O) groups is 2. The first kappa shape index (κ1) is 18.6. The SMILES string of the molecule is CN(CC(=O)NNC(=O)c1ccccc1Br)S(=O)(=O)c1cccs1. The average Bonchev–Trinajstić information content (AvgIpc) is 3.08. The predicted octanol–water partition coefficient (Wildman–Crippen LogP) is 1.59. The molecule has 1 aromatic heterocycles. The number of likely N-dealkylation sites (N-methyl/N-ethyl adjacent to an activating group) is 1. The van der Waals surface area contributed by atoms with Crippen LogP contribution in [0, 0.1) is 0 Å². The van der Waals surface area contributed by atoms with E-state index in [1.165, 1.54) is 13.1 Å². The van der Waals surface area contributed by atoms with Crippen molar-refractivity contribution in [3.63, 3.8) is 0 Å². The van der Waals surface area contributed by atoms with E-state index in [0.717, 1.165) is 15.6 Å². The van der Waals surface area contributed by atoms with Crippen LogP contribution in [0.2, 0.25) is 0 Å². The summed E-state index contributed by atoms with van der Waals surface area (Å²) in [5.74, 6) is -1.17. The van der Waals surface area contributed by atoms with E-state index in [-0.39, 0.29) is 4.21 Å². The van der Waals surface area contributed by atoms with E-state index in [1.54, 1.807) is 35.7 Å². The number of hydrogen-bond donors (Lipinski definition) is 2. The zero-order chi connectivity index (χ0) is 17.7. The Morgan fingerprint density at radius 1 is 1.17 bits per heavy atom. The van der Waals surface area contributed by atoms with E-state index in [2.05, 4.69) is 26.8 Å². The lowest BCUT2D eigenvalue weighted by Gasteiger charge is -2.16. The van der Waals surface area contributed by atoms with Gasteiger partial charge in [0.05, 0.1) is 12.1 Å². The second kappa shape index (κ2) is 7.88. The lowest BCUT2D eigenvalue weighted by atomic mass is 10.2. The van der Waals surface area contributed by atoms with Gasteiger partial charge in [-0.3, -0.25) is 20.4 Å². The number of halogens is 1. The minimum absolute atomic E-state index is 0.148. The fourth-order valence-electron chi connectivity index (χ4n) is 1.73. The molecule has 10 heteroatoms. The molecule has 2 N–H and O–H groups in total. The Kier molecular flexibility index (Phi) is 6.10. The summed E-state index contributed by atoms with van der Waals surface area (Å²) in [7, 11) is -2.42. The van der Waals surface area contributed by atoms with Crippen LogP contribution < -0.4 is 10.9 Å². The Bertz CT molecular complexity index is 837. The molecule has 0 atom stereocenters. The van der Waals surface area contributed by atoms with Crippen LogP contribution in [0.15, 0.2) is 50.5 Å². The van der Waals surface area contributed by atoms with Crippen LogP contribution in [-0.4, -0.2) is 38.1 Å². The molecule has 7 nitrogen and oxygen atoms in total. The van der Waals surface area contributed by atoms with E-state index in [4.69, 9.17) is 0 Å². The first-order chi connectivity index (χ1) is 11.3. The summed E-state index contributed by atoms with van der Waals surface area (Å²) in [5.41, 5.74) is 4.78. The summed E-state index contributed by atoms with van der Waals surface area (Å²) in [6.07, 6.45) is 0. The van der Waals surface area contributed by atoms with Crippen LogP contribution in [0.25, 0.3) is 0 Å². The molecule has 128 valence electrons. The molecule has 0 aliphatic carbocycles. The molecule has 0 saturated carbocycles. The topological polar surface area (TPSA) is 95.6 Å². The lowest BCUT2D eigenvalue weighted by Crippen LogP contribution is -2.46. The van der Waals surface area contributed by atoms with Gasteiger partial charge in [0, 0.05) is 11.5 Å². The highest BCUT2D eigenvalue weighted by atomic mass is 79.9. The zero-order valence-corrected chi connectivity index (χ0v) is 15.7. The van der Waals surface area contributed by atoms with E-state index in [0.29, 0.717) is 10.0 Å². The van der Waals surface area contributed by atoms with Crippen LogP contribution in [0.5, 0.6) is 0 Å². The molecule has 0 aliphatic rings. The number of nitrogens with one attached hydrogen (secondary N) is 2. The van der Waals surface area contributed by atoms with Gasteiger partial charge in [-0.25, -0.2) is 8.42 Å². The van der Waals surface area contributed by atoms with Crippen LogP contribution in [0.3, 0.4) is 0 Å². The number of thiophene rings is 1. The van der Waals surface area contributed by atoms with E-state index < -0.39 is 28.4 Å². The van der Waals surface area contributed by atoms with Crippen LogP contribution in [0.4, 0.5) is 0 Å². The molecule has 0 spiro atoms. The maximum Gasteiger partial charge on any atom is 0.270 e. The summed E-state index contributed by atoms with van der Waals surface area (Å²) >= 11 is 4.30. The second-order valence-electron chi connectivity index (χ2n) is 4.68. The molecular formula is C14H14BrN3O4S2. The van der Waals surface area contributed by atoms with Crippen molar-refractivity contribution in [1.82, 2.24) is 15.2 Å². The summed E-state index contributed by atoms with van der Waals surface area (Å²) in [6, 6.07) is 9.79. The molecule has 0 aliphatic heterocycles. The molecular weight excluding hydrogens is 418 g/mol. The number of benzene rings is 1. The van der Waals surface area contributed by atoms with Crippen LogP contribution in [-0.2, 0) is 14.8 Å². The van der Waals surface area contributed by atoms with Gasteiger partial charge in [-0.05, 0) is 39.5 Å². The minimum atomic E-state index is -3.72. The molecule has 1 heterocycles. The van der Waals surface area contributed by atoms with E-state index in [1.807, 2.05) is 0 Å². The maximum atomic E-state index is 12.2. The largest absolute Gasteiger partial charge is 0.272 e. The molecule has 1 aromatic carbocycles. The summed E-state index contributed by atoms with van der Waals surface area (Å²) in [5, 5.41) is 1.64. The Balaban J connectivity index is 1.92. The Morgan fingerprint density at radius 2 is 1.88 bits per heavy atom. The van der Waals surface area contributed by atoms with Crippen molar-refractivity contribution in [2.24, 2.45) is 0 Å². The first-order valence-corrected chi connectivity index (χ1v) is 9.77. The fraction of sp³-hybridized carbons (Fsp3) is 0.143. The van der Waals surface area contributed by atoms with Crippen LogP contribution in [0.1, 0.15) is 10.4 Å².